The summed E-state index contributed by atoms with van der Waals surface area (Å²) in [4.78, 5) is 27.4. The molecule has 142 valence electrons. The number of aromatic nitrogens is 2. The van der Waals surface area contributed by atoms with E-state index < -0.39 is 0 Å². The van der Waals surface area contributed by atoms with E-state index in [-0.39, 0.29) is 23.7 Å². The number of hydrogen-bond donors (Lipinski definition) is 0. The molecule has 1 aromatic carbocycles. The highest BCUT2D eigenvalue weighted by Gasteiger charge is 2.36. The van der Waals surface area contributed by atoms with Gasteiger partial charge in [-0.15, -0.1) is 0 Å². The van der Waals surface area contributed by atoms with Crippen LogP contribution in [0.1, 0.15) is 51.2 Å². The summed E-state index contributed by atoms with van der Waals surface area (Å²) in [6, 6.07) is 5.76. The Labute approximate surface area is 159 Å². The summed E-state index contributed by atoms with van der Waals surface area (Å²) in [5.74, 6) is 0.992. The zero-order valence-corrected chi connectivity index (χ0v) is 16.1. The summed E-state index contributed by atoms with van der Waals surface area (Å²) < 4.78 is 7.90. The number of likely N-dealkylation sites (tertiary alicyclic amines) is 1. The maximum atomic E-state index is 12.9. The molecule has 0 radical (unpaired) electrons. The standard InChI is InChI=1S/C21H25N3O3/c1-13-6-7-19-16(9-13)18(25)10-20(27-19)15-5-4-8-24(12-15)21(26)17-11-22-23(3)14(17)2/h6-7,9,11,15,20H,4-5,8,10,12H2,1-3H3/t15-,20+/m0/s1. The highest BCUT2D eigenvalue weighted by atomic mass is 16.5. The Kier molecular flexibility index (Phi) is 4.50. The third kappa shape index (κ3) is 3.24. The molecule has 2 aromatic rings. The number of Topliss-reactive ketones (excluding diaryl/α,β-unsaturated/α-hetero) is 1. The third-order valence-corrected chi connectivity index (χ3v) is 5.84. The molecule has 27 heavy (non-hydrogen) atoms. The number of carbonyl (C=O) groups is 2. The smallest absolute Gasteiger partial charge is 0.257 e. The van der Waals surface area contributed by atoms with Crippen LogP contribution in [0, 0.1) is 19.8 Å². The van der Waals surface area contributed by atoms with Crippen LogP contribution < -0.4 is 4.74 Å². The molecule has 1 saturated heterocycles. The van der Waals surface area contributed by atoms with Crippen LogP contribution in [0.4, 0.5) is 0 Å². The average molecular weight is 367 g/mol. The highest BCUT2D eigenvalue weighted by molar-refractivity contribution is 6.00. The van der Waals surface area contributed by atoms with Gasteiger partial charge in [-0.25, -0.2) is 0 Å². The quantitative estimate of drug-likeness (QED) is 0.819. The van der Waals surface area contributed by atoms with Crippen molar-refractivity contribution < 1.29 is 14.3 Å². The molecule has 6 nitrogen and oxygen atoms in total. The number of benzene rings is 1. The first kappa shape index (κ1) is 17.8. The molecule has 0 spiro atoms. The van der Waals surface area contributed by atoms with E-state index in [2.05, 4.69) is 5.10 Å². The highest BCUT2D eigenvalue weighted by Crippen LogP contribution is 2.34. The number of fused-ring (bicyclic) bond motifs is 1. The lowest BCUT2D eigenvalue weighted by molar-refractivity contribution is 0.0408. The average Bonchev–Trinajstić information content (AvgIpc) is 3.00. The van der Waals surface area contributed by atoms with Gasteiger partial charge in [-0.1, -0.05) is 11.6 Å². The number of amides is 1. The Hall–Kier alpha value is -2.63. The van der Waals surface area contributed by atoms with Crippen molar-refractivity contribution in [1.82, 2.24) is 14.7 Å². The molecule has 1 aromatic heterocycles. The minimum Gasteiger partial charge on any atom is -0.489 e. The normalized spacial score (nSPS) is 22.3. The molecular weight excluding hydrogens is 342 g/mol. The molecule has 1 fully saturated rings. The number of hydrogen-bond acceptors (Lipinski definition) is 4. The molecule has 3 heterocycles. The van der Waals surface area contributed by atoms with Gasteiger partial charge in [-0.3, -0.25) is 14.3 Å². The second-order valence-electron chi connectivity index (χ2n) is 7.70. The summed E-state index contributed by atoms with van der Waals surface area (Å²) in [5, 5.41) is 4.18. The number of carbonyl (C=O) groups excluding carboxylic acids is 2. The van der Waals surface area contributed by atoms with E-state index in [1.165, 1.54) is 0 Å². The van der Waals surface area contributed by atoms with Gasteiger partial charge >= 0.3 is 0 Å². The van der Waals surface area contributed by atoms with Crippen LogP contribution in [0.5, 0.6) is 5.75 Å². The number of ketones is 1. The largest absolute Gasteiger partial charge is 0.489 e. The van der Waals surface area contributed by atoms with Gasteiger partial charge in [0.2, 0.25) is 0 Å². The maximum Gasteiger partial charge on any atom is 0.257 e. The first-order valence-electron chi connectivity index (χ1n) is 9.52. The monoisotopic (exact) mass is 367 g/mol. The summed E-state index contributed by atoms with van der Waals surface area (Å²) >= 11 is 0. The SMILES string of the molecule is Cc1ccc2c(c1)C(=O)C[C@H]([C@H]1CCCN(C(=O)c3cnn(C)c3C)C1)O2. The number of rotatable bonds is 2. The van der Waals surface area contributed by atoms with E-state index in [1.807, 2.05) is 44.0 Å². The van der Waals surface area contributed by atoms with Crippen molar-refractivity contribution in [2.75, 3.05) is 13.1 Å². The molecule has 0 saturated carbocycles. The Morgan fingerprint density at radius 3 is 2.85 bits per heavy atom. The van der Waals surface area contributed by atoms with Gasteiger partial charge in [-0.2, -0.15) is 5.10 Å². The van der Waals surface area contributed by atoms with E-state index in [4.69, 9.17) is 4.74 Å². The lowest BCUT2D eigenvalue weighted by Gasteiger charge is -2.38. The second-order valence-corrected chi connectivity index (χ2v) is 7.70. The fraction of sp³-hybridized carbons (Fsp3) is 0.476. The van der Waals surface area contributed by atoms with Gasteiger partial charge in [0.05, 0.1) is 17.3 Å². The minimum absolute atomic E-state index is 0.0171. The van der Waals surface area contributed by atoms with Crippen molar-refractivity contribution in [1.29, 1.82) is 0 Å². The molecule has 4 rings (SSSR count). The summed E-state index contributed by atoms with van der Waals surface area (Å²) in [5.41, 5.74) is 3.27. The fourth-order valence-electron chi connectivity index (χ4n) is 4.10. The van der Waals surface area contributed by atoms with Crippen LogP contribution in [-0.2, 0) is 7.05 Å². The molecule has 1 amide bonds. The molecule has 6 heteroatoms. The summed E-state index contributed by atoms with van der Waals surface area (Å²) in [6.07, 6.45) is 3.74. The topological polar surface area (TPSA) is 64.4 Å². The number of ether oxygens (including phenoxy) is 1. The minimum atomic E-state index is -0.168. The van der Waals surface area contributed by atoms with Crippen molar-refractivity contribution in [3.63, 3.8) is 0 Å². The van der Waals surface area contributed by atoms with Crippen LogP contribution in [0.25, 0.3) is 0 Å². The van der Waals surface area contributed by atoms with Crippen LogP contribution in [0.2, 0.25) is 0 Å². The molecular formula is C21H25N3O3. The van der Waals surface area contributed by atoms with Crippen molar-refractivity contribution in [3.8, 4) is 5.75 Å². The van der Waals surface area contributed by atoms with E-state index in [9.17, 15) is 9.59 Å². The van der Waals surface area contributed by atoms with Crippen molar-refractivity contribution in [3.05, 3.63) is 46.8 Å². The Balaban J connectivity index is 1.50. The van der Waals surface area contributed by atoms with Gasteiger partial charge in [0, 0.05) is 38.2 Å². The van der Waals surface area contributed by atoms with Crippen molar-refractivity contribution in [2.24, 2.45) is 13.0 Å². The summed E-state index contributed by atoms with van der Waals surface area (Å²) in [7, 11) is 1.84. The molecule has 2 aliphatic rings. The van der Waals surface area contributed by atoms with E-state index in [0.717, 1.165) is 30.6 Å². The van der Waals surface area contributed by atoms with Gasteiger partial charge in [0.1, 0.15) is 11.9 Å². The van der Waals surface area contributed by atoms with E-state index in [1.54, 1.807) is 10.9 Å². The van der Waals surface area contributed by atoms with Crippen molar-refractivity contribution >= 4 is 11.7 Å². The van der Waals surface area contributed by atoms with Crippen LogP contribution in [0.15, 0.2) is 24.4 Å². The lowest BCUT2D eigenvalue weighted by Crippen LogP contribution is -2.46. The number of aryl methyl sites for hydroxylation is 2. The van der Waals surface area contributed by atoms with Crippen molar-refractivity contribution in [2.45, 2.75) is 39.2 Å². The Morgan fingerprint density at radius 1 is 1.30 bits per heavy atom. The molecule has 0 unspecified atom stereocenters. The number of piperidine rings is 1. The number of nitrogens with zero attached hydrogens (tertiary/aromatic N) is 3. The van der Waals surface area contributed by atoms with Crippen LogP contribution in [0.3, 0.4) is 0 Å². The summed E-state index contributed by atoms with van der Waals surface area (Å²) in [6.45, 7) is 5.24. The van der Waals surface area contributed by atoms with E-state index in [0.29, 0.717) is 29.8 Å². The van der Waals surface area contributed by atoms with Crippen LogP contribution >= 0.6 is 0 Å². The van der Waals surface area contributed by atoms with Crippen LogP contribution in [-0.4, -0.2) is 45.6 Å². The zero-order valence-electron chi connectivity index (χ0n) is 16.1. The third-order valence-electron chi connectivity index (χ3n) is 5.84. The molecule has 0 bridgehead atoms. The van der Waals surface area contributed by atoms with Gasteiger partial charge in [-0.05, 0) is 38.8 Å². The predicted octanol–water partition coefficient (Wildman–Crippen LogP) is 2.92. The first-order chi connectivity index (χ1) is 12.9. The van der Waals surface area contributed by atoms with E-state index >= 15 is 0 Å². The molecule has 0 N–H and O–H groups in total. The zero-order chi connectivity index (χ0) is 19.1. The van der Waals surface area contributed by atoms with Gasteiger partial charge < -0.3 is 9.64 Å². The van der Waals surface area contributed by atoms with Gasteiger partial charge in [0.15, 0.2) is 5.78 Å². The second kappa shape index (κ2) is 6.83. The molecule has 0 aliphatic carbocycles. The Bertz CT molecular complexity index is 902. The fourth-order valence-corrected chi connectivity index (χ4v) is 4.10. The Morgan fingerprint density at radius 2 is 2.11 bits per heavy atom. The predicted molar refractivity (Wildman–Crippen MR) is 101 cm³/mol. The molecule has 2 atom stereocenters. The lowest BCUT2D eigenvalue weighted by atomic mass is 9.86. The first-order valence-corrected chi connectivity index (χ1v) is 9.52. The molecule has 2 aliphatic heterocycles. The van der Waals surface area contributed by atoms with Gasteiger partial charge in [0.25, 0.3) is 5.91 Å². The maximum absolute atomic E-state index is 12.9.